The quantitative estimate of drug-likeness (QED) is 0.793. The zero-order valence-corrected chi connectivity index (χ0v) is 12.1. The van der Waals surface area contributed by atoms with E-state index in [9.17, 15) is 9.59 Å². The Hall–Kier alpha value is -1.84. The number of carbonyl (C=O) groups is 2. The summed E-state index contributed by atoms with van der Waals surface area (Å²) in [4.78, 5) is 25.2. The van der Waals surface area contributed by atoms with E-state index in [0.717, 1.165) is 19.5 Å². The lowest BCUT2D eigenvalue weighted by Gasteiger charge is -2.30. The summed E-state index contributed by atoms with van der Waals surface area (Å²) >= 11 is 0. The summed E-state index contributed by atoms with van der Waals surface area (Å²) < 4.78 is 5.50. The highest BCUT2D eigenvalue weighted by Gasteiger charge is 2.21. The first kappa shape index (κ1) is 14.6. The van der Waals surface area contributed by atoms with E-state index in [4.69, 9.17) is 4.74 Å². The van der Waals surface area contributed by atoms with E-state index in [2.05, 4.69) is 6.92 Å². The van der Waals surface area contributed by atoms with E-state index < -0.39 is 0 Å². The molecular formula is C16H21NO3. The molecule has 1 atom stereocenters. The minimum absolute atomic E-state index is 0.00775. The molecule has 1 amide bonds. The van der Waals surface area contributed by atoms with E-state index in [-0.39, 0.29) is 18.3 Å². The molecule has 1 saturated heterocycles. The molecule has 0 radical (unpaired) electrons. The third kappa shape index (κ3) is 3.83. The van der Waals surface area contributed by atoms with Crippen molar-refractivity contribution >= 4 is 11.7 Å². The Balaban J connectivity index is 1.89. The smallest absolute Gasteiger partial charge is 0.260 e. The zero-order valence-electron chi connectivity index (χ0n) is 12.1. The van der Waals surface area contributed by atoms with Crippen LogP contribution in [0.25, 0.3) is 0 Å². The Morgan fingerprint density at radius 2 is 2.20 bits per heavy atom. The number of likely N-dealkylation sites (tertiary alicyclic amines) is 1. The summed E-state index contributed by atoms with van der Waals surface area (Å²) in [5.41, 5.74) is 0.599. The van der Waals surface area contributed by atoms with E-state index in [1.54, 1.807) is 24.3 Å². The highest BCUT2D eigenvalue weighted by atomic mass is 16.5. The minimum Gasteiger partial charge on any atom is -0.484 e. The third-order valence-electron chi connectivity index (χ3n) is 3.61. The number of ketones is 1. The number of ether oxygens (including phenoxy) is 1. The Kier molecular flexibility index (Phi) is 4.77. The van der Waals surface area contributed by atoms with Crippen LogP contribution in [0.5, 0.6) is 5.75 Å². The average molecular weight is 275 g/mol. The van der Waals surface area contributed by atoms with E-state index in [1.165, 1.54) is 13.3 Å². The maximum atomic E-state index is 12.1. The van der Waals surface area contributed by atoms with Crippen molar-refractivity contribution in [2.45, 2.75) is 26.7 Å². The second kappa shape index (κ2) is 6.55. The maximum Gasteiger partial charge on any atom is 0.260 e. The molecule has 1 aromatic rings. The fourth-order valence-electron chi connectivity index (χ4n) is 2.46. The molecule has 1 fully saturated rings. The van der Waals surface area contributed by atoms with Gasteiger partial charge in [-0.3, -0.25) is 9.59 Å². The molecule has 0 N–H and O–H groups in total. The average Bonchev–Trinajstić information content (AvgIpc) is 2.45. The van der Waals surface area contributed by atoms with Crippen molar-refractivity contribution in [3.05, 3.63) is 29.8 Å². The molecule has 1 unspecified atom stereocenters. The molecule has 1 heterocycles. The topological polar surface area (TPSA) is 46.6 Å². The van der Waals surface area contributed by atoms with Crippen LogP contribution < -0.4 is 4.74 Å². The summed E-state index contributed by atoms with van der Waals surface area (Å²) in [6.45, 7) is 5.35. The molecule has 1 aromatic carbocycles. The van der Waals surface area contributed by atoms with Crippen LogP contribution in [0.15, 0.2) is 24.3 Å². The first-order valence-electron chi connectivity index (χ1n) is 7.08. The van der Waals surface area contributed by atoms with Gasteiger partial charge in [-0.15, -0.1) is 0 Å². The van der Waals surface area contributed by atoms with Gasteiger partial charge in [0.25, 0.3) is 5.91 Å². The molecule has 0 bridgehead atoms. The molecule has 20 heavy (non-hydrogen) atoms. The van der Waals surface area contributed by atoms with Gasteiger partial charge in [-0.05, 0) is 37.8 Å². The summed E-state index contributed by atoms with van der Waals surface area (Å²) in [7, 11) is 0. The SMILES string of the molecule is CC(=O)c1cccc(OCC(=O)N2CCCC(C)C2)c1. The molecule has 4 heteroatoms. The summed E-state index contributed by atoms with van der Waals surface area (Å²) in [5.74, 6) is 1.14. The second-order valence-electron chi connectivity index (χ2n) is 5.46. The summed E-state index contributed by atoms with van der Waals surface area (Å²) in [6.07, 6.45) is 2.25. The molecular weight excluding hydrogens is 254 g/mol. The van der Waals surface area contributed by atoms with Gasteiger partial charge in [-0.2, -0.15) is 0 Å². The fraction of sp³-hybridized carbons (Fsp3) is 0.500. The molecule has 2 rings (SSSR count). The number of hydrogen-bond acceptors (Lipinski definition) is 3. The van der Waals surface area contributed by atoms with Crippen LogP contribution in [0.4, 0.5) is 0 Å². The van der Waals surface area contributed by atoms with Gasteiger partial charge >= 0.3 is 0 Å². The van der Waals surface area contributed by atoms with Crippen LogP contribution in [0, 0.1) is 5.92 Å². The van der Waals surface area contributed by atoms with Crippen molar-refractivity contribution in [2.75, 3.05) is 19.7 Å². The van der Waals surface area contributed by atoms with Crippen LogP contribution in [0.1, 0.15) is 37.0 Å². The monoisotopic (exact) mass is 275 g/mol. The Morgan fingerprint density at radius 3 is 2.90 bits per heavy atom. The van der Waals surface area contributed by atoms with E-state index in [1.807, 2.05) is 4.90 Å². The van der Waals surface area contributed by atoms with Crippen molar-refractivity contribution in [1.29, 1.82) is 0 Å². The second-order valence-corrected chi connectivity index (χ2v) is 5.46. The number of Topliss-reactive ketones (excluding diaryl/α,β-unsaturated/α-hetero) is 1. The lowest BCUT2D eigenvalue weighted by atomic mass is 10.0. The number of nitrogens with zero attached hydrogens (tertiary/aromatic N) is 1. The van der Waals surface area contributed by atoms with Gasteiger partial charge in [-0.25, -0.2) is 0 Å². The van der Waals surface area contributed by atoms with Gasteiger partial charge in [0, 0.05) is 18.7 Å². The van der Waals surface area contributed by atoms with Crippen molar-refractivity contribution in [3.63, 3.8) is 0 Å². The standard InChI is InChI=1S/C16H21NO3/c1-12-5-4-8-17(10-12)16(19)11-20-15-7-3-6-14(9-15)13(2)18/h3,6-7,9,12H,4-5,8,10-11H2,1-2H3. The van der Waals surface area contributed by atoms with E-state index in [0.29, 0.717) is 17.2 Å². The molecule has 4 nitrogen and oxygen atoms in total. The zero-order chi connectivity index (χ0) is 14.5. The number of hydrogen-bond donors (Lipinski definition) is 0. The van der Waals surface area contributed by atoms with Gasteiger partial charge in [-0.1, -0.05) is 19.1 Å². The van der Waals surface area contributed by atoms with Crippen LogP contribution in [-0.4, -0.2) is 36.3 Å². The molecule has 0 aromatic heterocycles. The van der Waals surface area contributed by atoms with Crippen LogP contribution in [-0.2, 0) is 4.79 Å². The molecule has 1 aliphatic rings. The maximum absolute atomic E-state index is 12.1. The van der Waals surface area contributed by atoms with Crippen molar-refractivity contribution < 1.29 is 14.3 Å². The normalized spacial score (nSPS) is 18.7. The third-order valence-corrected chi connectivity index (χ3v) is 3.61. The number of rotatable bonds is 4. The first-order valence-corrected chi connectivity index (χ1v) is 7.08. The van der Waals surface area contributed by atoms with Gasteiger partial charge in [0.15, 0.2) is 12.4 Å². The van der Waals surface area contributed by atoms with Gasteiger partial charge in [0.2, 0.25) is 0 Å². The van der Waals surface area contributed by atoms with Gasteiger partial charge in [0.05, 0.1) is 0 Å². The van der Waals surface area contributed by atoms with Crippen molar-refractivity contribution in [1.82, 2.24) is 4.90 Å². The van der Waals surface area contributed by atoms with Gasteiger partial charge < -0.3 is 9.64 Å². The lowest BCUT2D eigenvalue weighted by Crippen LogP contribution is -2.41. The fourth-order valence-corrected chi connectivity index (χ4v) is 2.46. The number of benzene rings is 1. The largest absolute Gasteiger partial charge is 0.484 e. The van der Waals surface area contributed by atoms with E-state index >= 15 is 0 Å². The Morgan fingerprint density at radius 1 is 1.40 bits per heavy atom. The Labute approximate surface area is 119 Å². The highest BCUT2D eigenvalue weighted by Crippen LogP contribution is 2.17. The minimum atomic E-state index is -0.00775. The molecule has 1 aliphatic heterocycles. The van der Waals surface area contributed by atoms with Crippen LogP contribution >= 0.6 is 0 Å². The number of carbonyl (C=O) groups excluding carboxylic acids is 2. The predicted octanol–water partition coefficient (Wildman–Crippen LogP) is 2.53. The first-order chi connectivity index (χ1) is 9.56. The van der Waals surface area contributed by atoms with Crippen LogP contribution in [0.2, 0.25) is 0 Å². The number of piperidine rings is 1. The highest BCUT2D eigenvalue weighted by molar-refractivity contribution is 5.94. The lowest BCUT2D eigenvalue weighted by molar-refractivity contribution is -0.135. The molecule has 0 saturated carbocycles. The number of amides is 1. The molecule has 0 spiro atoms. The summed E-state index contributed by atoms with van der Waals surface area (Å²) in [5, 5.41) is 0. The Bertz CT molecular complexity index is 498. The molecule has 108 valence electrons. The van der Waals surface area contributed by atoms with Crippen molar-refractivity contribution in [3.8, 4) is 5.75 Å². The van der Waals surface area contributed by atoms with Gasteiger partial charge in [0.1, 0.15) is 5.75 Å². The molecule has 0 aliphatic carbocycles. The summed E-state index contributed by atoms with van der Waals surface area (Å²) in [6, 6.07) is 6.94. The van der Waals surface area contributed by atoms with Crippen molar-refractivity contribution in [2.24, 2.45) is 5.92 Å². The predicted molar refractivity (Wildman–Crippen MR) is 76.9 cm³/mol. The van der Waals surface area contributed by atoms with Crippen LogP contribution in [0.3, 0.4) is 0 Å².